The van der Waals surface area contributed by atoms with Crippen molar-refractivity contribution in [3.8, 4) is 0 Å². The van der Waals surface area contributed by atoms with E-state index in [1.54, 1.807) is 11.8 Å². The van der Waals surface area contributed by atoms with Crippen molar-refractivity contribution in [1.82, 2.24) is 15.0 Å². The molecule has 1 aliphatic rings. The van der Waals surface area contributed by atoms with E-state index in [1.165, 1.54) is 25.7 Å². The third-order valence-electron chi connectivity index (χ3n) is 3.53. The Kier molecular flexibility index (Phi) is 5.00. The van der Waals surface area contributed by atoms with Crippen LogP contribution in [0.4, 0.5) is 11.6 Å². The molecule has 7 heteroatoms. The Labute approximate surface area is 139 Å². The van der Waals surface area contributed by atoms with Crippen molar-refractivity contribution in [3.63, 3.8) is 0 Å². The molecule has 0 atom stereocenters. The predicted molar refractivity (Wildman–Crippen MR) is 91.1 cm³/mol. The van der Waals surface area contributed by atoms with Crippen LogP contribution in [0.1, 0.15) is 31.5 Å². The molecule has 1 aromatic heterocycles. The average molecular weight is 336 g/mol. The van der Waals surface area contributed by atoms with E-state index in [9.17, 15) is 0 Å². The lowest BCUT2D eigenvalue weighted by molar-refractivity contribution is 0.818. The van der Waals surface area contributed by atoms with Crippen LogP contribution in [0.5, 0.6) is 0 Å². The van der Waals surface area contributed by atoms with Gasteiger partial charge in [0.15, 0.2) is 11.0 Å². The molecule has 0 radical (unpaired) electrons. The van der Waals surface area contributed by atoms with Crippen molar-refractivity contribution in [2.24, 2.45) is 0 Å². The highest BCUT2D eigenvalue weighted by molar-refractivity contribution is 7.99. The monoisotopic (exact) mass is 335 g/mol. The van der Waals surface area contributed by atoms with Gasteiger partial charge in [-0.15, -0.1) is 0 Å². The summed E-state index contributed by atoms with van der Waals surface area (Å²) in [5.41, 5.74) is 6.73. The summed E-state index contributed by atoms with van der Waals surface area (Å²) in [6, 6.07) is 7.54. The first kappa shape index (κ1) is 15.4. The van der Waals surface area contributed by atoms with Gasteiger partial charge in [-0.05, 0) is 31.0 Å². The van der Waals surface area contributed by atoms with Gasteiger partial charge in [0.25, 0.3) is 0 Å². The summed E-state index contributed by atoms with van der Waals surface area (Å²) in [4.78, 5) is 12.9. The van der Waals surface area contributed by atoms with E-state index in [1.807, 2.05) is 24.3 Å². The Balaban J connectivity index is 1.66. The quantitative estimate of drug-likeness (QED) is 0.866. The predicted octanol–water partition coefficient (Wildman–Crippen LogP) is 3.75. The maximum atomic E-state index is 5.97. The summed E-state index contributed by atoms with van der Waals surface area (Å²) in [6.07, 6.45) is 5.04. The summed E-state index contributed by atoms with van der Waals surface area (Å²) in [6.45, 7) is 0.491. The van der Waals surface area contributed by atoms with E-state index in [2.05, 4.69) is 20.3 Å². The van der Waals surface area contributed by atoms with Gasteiger partial charge in [0, 0.05) is 16.0 Å². The van der Waals surface area contributed by atoms with E-state index < -0.39 is 0 Å². The number of nitrogens with one attached hydrogen (secondary N) is 1. The second-order valence-electron chi connectivity index (χ2n) is 5.28. The Bertz CT molecular complexity index is 646. The lowest BCUT2D eigenvalue weighted by atomic mass is 10.3. The number of nitrogens with zero attached hydrogens (tertiary/aromatic N) is 3. The number of anilines is 2. The number of hydrogen-bond donors (Lipinski definition) is 2. The summed E-state index contributed by atoms with van der Waals surface area (Å²) in [5.74, 6) is 0.923. The summed E-state index contributed by atoms with van der Waals surface area (Å²) >= 11 is 7.68. The number of nitrogen functional groups attached to an aromatic ring is 1. The van der Waals surface area contributed by atoms with Gasteiger partial charge in [-0.1, -0.05) is 42.3 Å². The van der Waals surface area contributed by atoms with Crippen molar-refractivity contribution in [3.05, 3.63) is 35.1 Å². The third kappa shape index (κ3) is 4.24. The molecule has 0 bridgehead atoms. The SMILES string of the molecule is Nc1nc(CNc2cccc(Cl)c2)nc(SC2CCCC2)n1. The second kappa shape index (κ2) is 7.15. The topological polar surface area (TPSA) is 76.7 Å². The molecule has 1 saturated carbocycles. The van der Waals surface area contributed by atoms with Crippen molar-refractivity contribution in [2.45, 2.75) is 42.6 Å². The van der Waals surface area contributed by atoms with Crippen LogP contribution in [0.15, 0.2) is 29.4 Å². The van der Waals surface area contributed by atoms with Crippen LogP contribution in [-0.2, 0) is 6.54 Å². The molecule has 2 aromatic rings. The first-order chi connectivity index (χ1) is 10.7. The molecule has 0 aliphatic heterocycles. The molecule has 1 aromatic carbocycles. The lowest BCUT2D eigenvalue weighted by Crippen LogP contribution is -2.10. The number of aromatic nitrogens is 3. The molecule has 1 fully saturated rings. The van der Waals surface area contributed by atoms with E-state index in [-0.39, 0.29) is 5.95 Å². The minimum absolute atomic E-state index is 0.276. The first-order valence-corrected chi connectivity index (χ1v) is 8.61. The molecule has 0 saturated heterocycles. The molecule has 0 unspecified atom stereocenters. The molecule has 116 valence electrons. The number of nitrogens with two attached hydrogens (primary N) is 1. The minimum Gasteiger partial charge on any atom is -0.378 e. The van der Waals surface area contributed by atoms with Crippen LogP contribution >= 0.6 is 23.4 Å². The number of halogens is 1. The summed E-state index contributed by atoms with van der Waals surface area (Å²) < 4.78 is 0. The van der Waals surface area contributed by atoms with Crippen LogP contribution < -0.4 is 11.1 Å². The smallest absolute Gasteiger partial charge is 0.224 e. The molecule has 5 nitrogen and oxygen atoms in total. The maximum Gasteiger partial charge on any atom is 0.224 e. The lowest BCUT2D eigenvalue weighted by Gasteiger charge is -2.10. The number of hydrogen-bond acceptors (Lipinski definition) is 6. The molecular weight excluding hydrogens is 318 g/mol. The zero-order valence-electron chi connectivity index (χ0n) is 12.1. The van der Waals surface area contributed by atoms with Crippen LogP contribution in [0.25, 0.3) is 0 Å². The van der Waals surface area contributed by atoms with Crippen LogP contribution in [-0.4, -0.2) is 20.2 Å². The highest BCUT2D eigenvalue weighted by atomic mass is 35.5. The summed E-state index contributed by atoms with van der Waals surface area (Å²) in [7, 11) is 0. The van der Waals surface area contributed by atoms with E-state index >= 15 is 0 Å². The zero-order chi connectivity index (χ0) is 15.4. The Morgan fingerprint density at radius 3 is 2.82 bits per heavy atom. The first-order valence-electron chi connectivity index (χ1n) is 7.35. The van der Waals surface area contributed by atoms with Gasteiger partial charge < -0.3 is 11.1 Å². The Morgan fingerprint density at radius 2 is 2.05 bits per heavy atom. The summed E-state index contributed by atoms with van der Waals surface area (Å²) in [5, 5.41) is 5.27. The van der Waals surface area contributed by atoms with Gasteiger partial charge in [0.2, 0.25) is 5.95 Å². The van der Waals surface area contributed by atoms with Gasteiger partial charge in [0.05, 0.1) is 6.54 Å². The molecule has 0 amide bonds. The van der Waals surface area contributed by atoms with Crippen molar-refractivity contribution < 1.29 is 0 Å². The Hall–Kier alpha value is -1.53. The fourth-order valence-electron chi connectivity index (χ4n) is 2.48. The van der Waals surface area contributed by atoms with Crippen LogP contribution in [0, 0.1) is 0 Å². The highest BCUT2D eigenvalue weighted by Gasteiger charge is 2.18. The van der Waals surface area contributed by atoms with E-state index in [0.717, 1.165) is 10.8 Å². The minimum atomic E-state index is 0.276. The maximum absolute atomic E-state index is 5.97. The van der Waals surface area contributed by atoms with Crippen LogP contribution in [0.3, 0.4) is 0 Å². The normalized spacial score (nSPS) is 15.1. The zero-order valence-corrected chi connectivity index (χ0v) is 13.7. The van der Waals surface area contributed by atoms with E-state index in [0.29, 0.717) is 22.6 Å². The number of rotatable bonds is 5. The standard InChI is InChI=1S/C15H18ClN5S/c16-10-4-3-5-11(8-10)18-9-13-19-14(17)21-15(20-13)22-12-6-1-2-7-12/h3-5,8,12,18H,1-2,6-7,9H2,(H2,17,19,20,21). The highest BCUT2D eigenvalue weighted by Crippen LogP contribution is 2.33. The molecule has 3 rings (SSSR count). The van der Waals surface area contributed by atoms with E-state index in [4.69, 9.17) is 17.3 Å². The molecular formula is C15H18ClN5S. The van der Waals surface area contributed by atoms with Gasteiger partial charge in [-0.3, -0.25) is 0 Å². The van der Waals surface area contributed by atoms with Crippen molar-refractivity contribution in [2.75, 3.05) is 11.1 Å². The van der Waals surface area contributed by atoms with Crippen molar-refractivity contribution in [1.29, 1.82) is 0 Å². The molecule has 1 heterocycles. The van der Waals surface area contributed by atoms with Crippen LogP contribution in [0.2, 0.25) is 5.02 Å². The molecule has 3 N–H and O–H groups in total. The fourth-order valence-corrected chi connectivity index (χ4v) is 3.84. The molecule has 1 aliphatic carbocycles. The second-order valence-corrected chi connectivity index (χ2v) is 6.98. The van der Waals surface area contributed by atoms with Crippen molar-refractivity contribution >= 4 is 35.0 Å². The molecule has 0 spiro atoms. The number of thioether (sulfide) groups is 1. The van der Waals surface area contributed by atoms with Gasteiger partial charge in [0.1, 0.15) is 0 Å². The number of benzene rings is 1. The van der Waals surface area contributed by atoms with Gasteiger partial charge in [-0.25, -0.2) is 4.98 Å². The Morgan fingerprint density at radius 1 is 1.23 bits per heavy atom. The van der Waals surface area contributed by atoms with Gasteiger partial charge in [-0.2, -0.15) is 9.97 Å². The van der Waals surface area contributed by atoms with Gasteiger partial charge >= 0.3 is 0 Å². The molecule has 22 heavy (non-hydrogen) atoms. The average Bonchev–Trinajstić information content (AvgIpc) is 2.98. The fraction of sp³-hybridized carbons (Fsp3) is 0.400. The largest absolute Gasteiger partial charge is 0.378 e. The third-order valence-corrected chi connectivity index (χ3v) is 4.96.